The molecule has 0 spiro atoms. The topological polar surface area (TPSA) is 77.9 Å². The van der Waals surface area contributed by atoms with Crippen LogP contribution in [0.25, 0.3) is 0 Å². The average Bonchev–Trinajstić information content (AvgIpc) is 2.90. The molecule has 0 saturated carbocycles. The zero-order valence-corrected chi connectivity index (χ0v) is 16.2. The van der Waals surface area contributed by atoms with E-state index in [0.29, 0.717) is 4.48 Å². The first-order chi connectivity index (χ1) is 12.2. The summed E-state index contributed by atoms with van der Waals surface area (Å²) in [6.45, 7) is 3.56. The lowest BCUT2D eigenvalue weighted by Crippen LogP contribution is -2.34. The molecule has 0 bridgehead atoms. The van der Waals surface area contributed by atoms with Crippen molar-refractivity contribution in [3.05, 3.63) is 33.7 Å². The Balaban J connectivity index is 2.32. The quantitative estimate of drug-likeness (QED) is 0.246. The predicted molar refractivity (Wildman–Crippen MR) is 96.5 cm³/mol. The van der Waals surface area contributed by atoms with Crippen LogP contribution in [0.2, 0.25) is 0 Å². The highest BCUT2D eigenvalue weighted by Crippen LogP contribution is 2.37. The lowest BCUT2D eigenvalue weighted by molar-refractivity contribution is -0.135. The van der Waals surface area contributed by atoms with Crippen LogP contribution in [0.4, 0.5) is 14.5 Å². The first kappa shape index (κ1) is 20.2. The van der Waals surface area contributed by atoms with Gasteiger partial charge in [0.15, 0.2) is 0 Å². The van der Waals surface area contributed by atoms with Crippen LogP contribution in [-0.4, -0.2) is 54.1 Å². The Hall–Kier alpha value is -2.07. The van der Waals surface area contributed by atoms with E-state index in [1.54, 1.807) is 7.05 Å². The fourth-order valence-electron chi connectivity index (χ4n) is 2.51. The molecule has 1 aliphatic rings. The number of nitrogens with one attached hydrogen (secondary N) is 1. The number of carbonyl (C=O) groups is 2. The Kier molecular flexibility index (Phi) is 6.30. The zero-order valence-electron chi connectivity index (χ0n) is 13.8. The van der Waals surface area contributed by atoms with E-state index >= 15 is 0 Å². The van der Waals surface area contributed by atoms with Gasteiger partial charge in [-0.15, -0.1) is 0 Å². The molecule has 0 unspecified atom stereocenters. The van der Waals surface area contributed by atoms with Crippen molar-refractivity contribution in [2.24, 2.45) is 16.9 Å². The fraction of sp³-hybridized carbons (Fsp3) is 0.333. The predicted octanol–water partition coefficient (Wildman–Crippen LogP) is 2.35. The number of anilines is 1. The van der Waals surface area contributed by atoms with Gasteiger partial charge >= 0.3 is 0 Å². The Morgan fingerprint density at radius 3 is 2.77 bits per heavy atom. The van der Waals surface area contributed by atoms with Gasteiger partial charge in [0, 0.05) is 37.8 Å². The second-order valence-electron chi connectivity index (χ2n) is 5.57. The number of carbonyl (C=O) groups excluding carboxylic acids is 2. The van der Waals surface area contributed by atoms with Gasteiger partial charge in [-0.3, -0.25) is 14.6 Å². The molecule has 1 N–H and O–H groups in total. The Bertz CT molecular complexity index is 791. The summed E-state index contributed by atoms with van der Waals surface area (Å²) in [5.74, 6) is -5.21. The van der Waals surface area contributed by atoms with Gasteiger partial charge in [-0.05, 0) is 12.1 Å². The average molecular weight is 451 g/mol. The Morgan fingerprint density at radius 2 is 2.19 bits per heavy atom. The van der Waals surface area contributed by atoms with E-state index in [-0.39, 0.29) is 17.4 Å². The molecule has 1 aromatic rings. The SMILES string of the molecule is C=NN(C)/C(Cl)=C(\Br)[C@H]1CN(C)C(=O)[C@@H]1C(=O)Nc1ccc(F)nc1F. The number of amides is 2. The molecule has 1 aliphatic heterocycles. The van der Waals surface area contributed by atoms with Crippen molar-refractivity contribution in [3.8, 4) is 0 Å². The fourth-order valence-corrected chi connectivity index (χ4v) is 3.37. The summed E-state index contributed by atoms with van der Waals surface area (Å²) in [5, 5.41) is 7.34. The molecule has 0 radical (unpaired) electrons. The smallest absolute Gasteiger partial charge is 0.239 e. The molecule has 11 heteroatoms. The van der Waals surface area contributed by atoms with Crippen LogP contribution < -0.4 is 5.32 Å². The number of hydrogen-bond acceptors (Lipinski definition) is 5. The molecular weight excluding hydrogens is 436 g/mol. The minimum absolute atomic E-state index is 0.153. The third kappa shape index (κ3) is 4.01. The first-order valence-electron chi connectivity index (χ1n) is 7.30. The molecule has 2 amide bonds. The lowest BCUT2D eigenvalue weighted by atomic mass is 9.94. The monoisotopic (exact) mass is 449 g/mol. The molecule has 0 aliphatic carbocycles. The molecule has 2 rings (SSSR count). The molecule has 1 fully saturated rings. The van der Waals surface area contributed by atoms with Gasteiger partial charge in [-0.2, -0.15) is 18.9 Å². The summed E-state index contributed by atoms with van der Waals surface area (Å²) in [7, 11) is 3.08. The van der Waals surface area contributed by atoms with E-state index < -0.39 is 35.5 Å². The van der Waals surface area contributed by atoms with Crippen molar-refractivity contribution in [2.75, 3.05) is 26.0 Å². The Labute approximate surface area is 161 Å². The lowest BCUT2D eigenvalue weighted by Gasteiger charge is -2.20. The molecule has 7 nitrogen and oxygen atoms in total. The summed E-state index contributed by atoms with van der Waals surface area (Å²) in [6, 6.07) is 1.93. The van der Waals surface area contributed by atoms with E-state index in [0.717, 1.165) is 12.1 Å². The van der Waals surface area contributed by atoms with Crippen LogP contribution in [0.5, 0.6) is 0 Å². The summed E-state index contributed by atoms with van der Waals surface area (Å²) in [6.07, 6.45) is 0. The molecule has 140 valence electrons. The Morgan fingerprint density at radius 1 is 1.54 bits per heavy atom. The number of rotatable bonds is 5. The summed E-state index contributed by atoms with van der Waals surface area (Å²) in [4.78, 5) is 29.4. The number of likely N-dealkylation sites (tertiary alicyclic amines) is 1. The van der Waals surface area contributed by atoms with Crippen molar-refractivity contribution < 1.29 is 18.4 Å². The maximum atomic E-state index is 13.7. The van der Waals surface area contributed by atoms with Gasteiger partial charge in [-0.25, -0.2) is 0 Å². The molecule has 2 heterocycles. The molecule has 1 saturated heterocycles. The molecule has 0 aromatic carbocycles. The van der Waals surface area contributed by atoms with Gasteiger partial charge in [-0.1, -0.05) is 27.5 Å². The van der Waals surface area contributed by atoms with Crippen LogP contribution in [0, 0.1) is 23.7 Å². The van der Waals surface area contributed by atoms with E-state index in [1.807, 2.05) is 0 Å². The van der Waals surface area contributed by atoms with Crippen LogP contribution in [0.1, 0.15) is 0 Å². The largest absolute Gasteiger partial charge is 0.344 e. The standard InChI is InChI=1S/C15H15BrClF2N5O2/c1-20-24(3)12(17)11(16)7-6-23(2)15(26)10(7)14(25)21-8-4-5-9(18)22-13(8)19/h4-5,7,10H,1,6H2,2-3H3,(H,21,25)/b12-11-/t7-,10-/m0/s1. The molecular formula is C15H15BrClF2N5O2. The van der Waals surface area contributed by atoms with Crippen LogP contribution >= 0.6 is 27.5 Å². The highest BCUT2D eigenvalue weighted by atomic mass is 79.9. The van der Waals surface area contributed by atoms with Crippen molar-refractivity contribution in [2.45, 2.75) is 0 Å². The van der Waals surface area contributed by atoms with Gasteiger partial charge in [0.25, 0.3) is 0 Å². The maximum absolute atomic E-state index is 13.7. The van der Waals surface area contributed by atoms with Crippen LogP contribution in [0.3, 0.4) is 0 Å². The van der Waals surface area contributed by atoms with Crippen LogP contribution in [-0.2, 0) is 9.59 Å². The van der Waals surface area contributed by atoms with Gasteiger partial charge in [0.05, 0.1) is 5.69 Å². The number of nitrogens with zero attached hydrogens (tertiary/aromatic N) is 4. The van der Waals surface area contributed by atoms with Crippen molar-refractivity contribution in [1.82, 2.24) is 14.9 Å². The minimum atomic E-state index is -1.18. The highest BCUT2D eigenvalue weighted by molar-refractivity contribution is 9.11. The summed E-state index contributed by atoms with van der Waals surface area (Å²) >= 11 is 9.49. The van der Waals surface area contributed by atoms with E-state index in [9.17, 15) is 18.4 Å². The van der Waals surface area contributed by atoms with Crippen molar-refractivity contribution >= 4 is 51.8 Å². The molecule has 2 atom stereocenters. The van der Waals surface area contributed by atoms with Gasteiger partial charge < -0.3 is 10.2 Å². The van der Waals surface area contributed by atoms with Crippen molar-refractivity contribution in [1.29, 1.82) is 0 Å². The second-order valence-corrected chi connectivity index (χ2v) is 6.78. The third-order valence-electron chi connectivity index (χ3n) is 3.89. The zero-order chi connectivity index (χ0) is 19.6. The second kappa shape index (κ2) is 8.09. The number of hydrazone groups is 1. The normalized spacial score (nSPS) is 20.7. The van der Waals surface area contributed by atoms with E-state index in [1.165, 1.54) is 17.0 Å². The van der Waals surface area contributed by atoms with Crippen molar-refractivity contribution in [3.63, 3.8) is 0 Å². The molecule has 26 heavy (non-hydrogen) atoms. The van der Waals surface area contributed by atoms with E-state index in [4.69, 9.17) is 11.6 Å². The number of halogens is 4. The van der Waals surface area contributed by atoms with Crippen LogP contribution in [0.15, 0.2) is 26.9 Å². The van der Waals surface area contributed by atoms with E-state index in [2.05, 4.69) is 38.0 Å². The minimum Gasteiger partial charge on any atom is -0.344 e. The number of pyridine rings is 1. The third-order valence-corrected chi connectivity index (χ3v) is 5.53. The molecule has 1 aromatic heterocycles. The van der Waals surface area contributed by atoms with Gasteiger partial charge in [0.2, 0.25) is 23.7 Å². The summed E-state index contributed by atoms with van der Waals surface area (Å²) < 4.78 is 27.0. The number of hydrogen-bond donors (Lipinski definition) is 1. The summed E-state index contributed by atoms with van der Waals surface area (Å²) in [5.41, 5.74) is -0.325. The maximum Gasteiger partial charge on any atom is 0.239 e. The highest BCUT2D eigenvalue weighted by Gasteiger charge is 2.45. The first-order valence-corrected chi connectivity index (χ1v) is 8.47. The number of aromatic nitrogens is 1. The van der Waals surface area contributed by atoms with Gasteiger partial charge in [0.1, 0.15) is 11.1 Å².